The highest BCUT2D eigenvalue weighted by molar-refractivity contribution is 9.10. The van der Waals surface area contributed by atoms with Crippen molar-refractivity contribution in [1.82, 2.24) is 15.3 Å². The lowest BCUT2D eigenvalue weighted by Crippen LogP contribution is -2.10. The number of hydrogen-bond acceptors (Lipinski definition) is 4. The van der Waals surface area contributed by atoms with Crippen LogP contribution < -0.4 is 11.1 Å². The van der Waals surface area contributed by atoms with Gasteiger partial charge in [0.1, 0.15) is 11.6 Å². The van der Waals surface area contributed by atoms with Gasteiger partial charge in [-0.15, -0.1) is 0 Å². The first-order chi connectivity index (χ1) is 7.20. The quantitative estimate of drug-likeness (QED) is 0.869. The maximum absolute atomic E-state index is 5.84. The average molecular weight is 267 g/mol. The van der Waals surface area contributed by atoms with E-state index in [1.807, 2.05) is 25.2 Å². The summed E-state index contributed by atoms with van der Waals surface area (Å²) < 4.78 is 0.989. The van der Waals surface area contributed by atoms with Gasteiger partial charge in [0, 0.05) is 9.86 Å². The largest absolute Gasteiger partial charge is 0.383 e. The molecule has 0 saturated heterocycles. The van der Waals surface area contributed by atoms with Crippen molar-refractivity contribution < 1.29 is 0 Å². The Morgan fingerprint density at radius 2 is 2.20 bits per heavy atom. The maximum Gasteiger partial charge on any atom is 0.145 e. The monoisotopic (exact) mass is 266 g/mol. The smallest absolute Gasteiger partial charge is 0.145 e. The van der Waals surface area contributed by atoms with Gasteiger partial charge in [0.25, 0.3) is 0 Å². The zero-order valence-corrected chi connectivity index (χ0v) is 9.87. The first kappa shape index (κ1) is 10.3. The summed E-state index contributed by atoms with van der Waals surface area (Å²) in [5.74, 6) is 1.23. The summed E-state index contributed by atoms with van der Waals surface area (Å²) in [6, 6.07) is 5.78. The minimum atomic E-state index is 0.526. The van der Waals surface area contributed by atoms with Gasteiger partial charge in [0.15, 0.2) is 0 Å². The maximum atomic E-state index is 5.84. The van der Waals surface area contributed by atoms with E-state index < -0.39 is 0 Å². The molecule has 78 valence electrons. The van der Waals surface area contributed by atoms with Gasteiger partial charge in [-0.1, -0.05) is 15.9 Å². The Bertz CT molecular complexity index is 498. The van der Waals surface area contributed by atoms with Crippen LogP contribution in [0.2, 0.25) is 0 Å². The number of nitrogens with one attached hydrogen (secondary N) is 1. The lowest BCUT2D eigenvalue weighted by Gasteiger charge is -2.05. The Labute approximate surface area is 96.0 Å². The van der Waals surface area contributed by atoms with Gasteiger partial charge in [-0.2, -0.15) is 0 Å². The van der Waals surface area contributed by atoms with Crippen LogP contribution in [0.25, 0.3) is 10.9 Å². The zero-order chi connectivity index (χ0) is 10.8. The average Bonchev–Trinajstić information content (AvgIpc) is 2.17. The molecule has 1 aromatic heterocycles. The second-order valence-corrected chi connectivity index (χ2v) is 4.13. The number of nitrogens with zero attached hydrogens (tertiary/aromatic N) is 2. The molecule has 0 radical (unpaired) electrons. The minimum Gasteiger partial charge on any atom is -0.383 e. The summed E-state index contributed by atoms with van der Waals surface area (Å²) >= 11 is 3.40. The van der Waals surface area contributed by atoms with Crippen LogP contribution in [0.3, 0.4) is 0 Å². The third-order valence-electron chi connectivity index (χ3n) is 2.07. The number of fused-ring (bicyclic) bond motifs is 1. The van der Waals surface area contributed by atoms with E-state index in [-0.39, 0.29) is 0 Å². The Kier molecular flexibility index (Phi) is 2.83. The van der Waals surface area contributed by atoms with E-state index in [9.17, 15) is 0 Å². The molecule has 3 N–H and O–H groups in total. The highest BCUT2D eigenvalue weighted by atomic mass is 79.9. The Morgan fingerprint density at radius 1 is 1.40 bits per heavy atom. The molecule has 0 bridgehead atoms. The normalized spacial score (nSPS) is 10.8. The van der Waals surface area contributed by atoms with E-state index >= 15 is 0 Å². The van der Waals surface area contributed by atoms with Crippen LogP contribution >= 0.6 is 15.9 Å². The highest BCUT2D eigenvalue weighted by Crippen LogP contribution is 2.21. The molecule has 0 aliphatic carbocycles. The van der Waals surface area contributed by atoms with Crippen molar-refractivity contribution in [3.8, 4) is 0 Å². The summed E-state index contributed by atoms with van der Waals surface area (Å²) in [5, 5.41) is 3.89. The van der Waals surface area contributed by atoms with Gasteiger partial charge >= 0.3 is 0 Å². The molecule has 15 heavy (non-hydrogen) atoms. The Balaban J connectivity index is 2.63. The summed E-state index contributed by atoms with van der Waals surface area (Å²) in [6.45, 7) is 0.618. The van der Waals surface area contributed by atoms with Crippen molar-refractivity contribution in [3.05, 3.63) is 28.5 Å². The molecule has 0 aliphatic rings. The van der Waals surface area contributed by atoms with E-state index in [1.165, 1.54) is 0 Å². The van der Waals surface area contributed by atoms with Crippen LogP contribution in [-0.2, 0) is 6.54 Å². The van der Waals surface area contributed by atoms with E-state index in [1.54, 1.807) is 0 Å². The molecule has 0 fully saturated rings. The first-order valence-electron chi connectivity index (χ1n) is 4.57. The van der Waals surface area contributed by atoms with Gasteiger partial charge in [-0.05, 0) is 25.2 Å². The van der Waals surface area contributed by atoms with Crippen LogP contribution in [0.4, 0.5) is 5.82 Å². The molecular weight excluding hydrogens is 256 g/mol. The molecule has 2 rings (SSSR count). The number of nitrogen functional groups attached to an aromatic ring is 1. The first-order valence-corrected chi connectivity index (χ1v) is 5.36. The van der Waals surface area contributed by atoms with Crippen molar-refractivity contribution in [3.63, 3.8) is 0 Å². The number of halogens is 1. The van der Waals surface area contributed by atoms with Crippen LogP contribution in [0, 0.1) is 0 Å². The van der Waals surface area contributed by atoms with Gasteiger partial charge in [0.05, 0.1) is 12.1 Å². The lowest BCUT2D eigenvalue weighted by molar-refractivity contribution is 0.766. The lowest BCUT2D eigenvalue weighted by atomic mass is 10.2. The van der Waals surface area contributed by atoms with Crippen molar-refractivity contribution >= 4 is 32.7 Å². The van der Waals surface area contributed by atoms with Crippen LogP contribution in [-0.4, -0.2) is 17.0 Å². The fourth-order valence-electron chi connectivity index (χ4n) is 1.41. The Hall–Kier alpha value is -1.20. The number of hydrogen-bond donors (Lipinski definition) is 2. The fourth-order valence-corrected chi connectivity index (χ4v) is 1.76. The molecule has 0 saturated carbocycles. The van der Waals surface area contributed by atoms with Gasteiger partial charge in [-0.3, -0.25) is 0 Å². The topological polar surface area (TPSA) is 63.8 Å². The molecule has 0 aliphatic heterocycles. The van der Waals surface area contributed by atoms with Crippen molar-refractivity contribution in [2.45, 2.75) is 6.54 Å². The summed E-state index contributed by atoms with van der Waals surface area (Å²) in [5.41, 5.74) is 6.71. The summed E-state index contributed by atoms with van der Waals surface area (Å²) in [4.78, 5) is 8.61. The number of anilines is 1. The second-order valence-electron chi connectivity index (χ2n) is 3.22. The number of aromatic nitrogens is 2. The SMILES string of the molecule is CNCc1nc(N)c2ccc(Br)cc2n1. The van der Waals surface area contributed by atoms with Crippen LogP contribution in [0.5, 0.6) is 0 Å². The molecular formula is C10H11BrN4. The predicted molar refractivity (Wildman–Crippen MR) is 64.4 cm³/mol. The van der Waals surface area contributed by atoms with Gasteiger partial charge in [-0.25, -0.2) is 9.97 Å². The van der Waals surface area contributed by atoms with Crippen molar-refractivity contribution in [2.75, 3.05) is 12.8 Å². The predicted octanol–water partition coefficient (Wildman–Crippen LogP) is 1.69. The van der Waals surface area contributed by atoms with Crippen molar-refractivity contribution in [2.24, 2.45) is 0 Å². The molecule has 1 aromatic carbocycles. The number of benzene rings is 1. The number of rotatable bonds is 2. The molecule has 0 amide bonds. The van der Waals surface area contributed by atoms with E-state index in [2.05, 4.69) is 31.2 Å². The molecule has 0 atom stereocenters. The molecule has 5 heteroatoms. The second kappa shape index (κ2) is 4.12. The van der Waals surface area contributed by atoms with Crippen LogP contribution in [0.15, 0.2) is 22.7 Å². The molecule has 2 aromatic rings. The zero-order valence-electron chi connectivity index (χ0n) is 8.29. The van der Waals surface area contributed by atoms with Crippen LogP contribution in [0.1, 0.15) is 5.82 Å². The van der Waals surface area contributed by atoms with Gasteiger partial charge in [0.2, 0.25) is 0 Å². The molecule has 0 spiro atoms. The third-order valence-corrected chi connectivity index (χ3v) is 2.56. The highest BCUT2D eigenvalue weighted by Gasteiger charge is 2.04. The molecule has 1 heterocycles. The standard InChI is InChI=1S/C10H11BrN4/c1-13-5-9-14-8-4-6(11)2-3-7(8)10(12)15-9/h2-4,13H,5H2,1H3,(H2,12,14,15). The van der Waals surface area contributed by atoms with Gasteiger partial charge < -0.3 is 11.1 Å². The minimum absolute atomic E-state index is 0.526. The van der Waals surface area contributed by atoms with E-state index in [0.29, 0.717) is 18.2 Å². The van der Waals surface area contributed by atoms with E-state index in [4.69, 9.17) is 5.73 Å². The van der Waals surface area contributed by atoms with E-state index in [0.717, 1.165) is 15.4 Å². The summed E-state index contributed by atoms with van der Waals surface area (Å²) in [7, 11) is 1.85. The Morgan fingerprint density at radius 3 is 2.93 bits per heavy atom. The summed E-state index contributed by atoms with van der Waals surface area (Å²) in [6.07, 6.45) is 0. The van der Waals surface area contributed by atoms with Crippen molar-refractivity contribution in [1.29, 1.82) is 0 Å². The molecule has 4 nitrogen and oxygen atoms in total. The fraction of sp³-hybridized carbons (Fsp3) is 0.200. The molecule has 0 unspecified atom stereocenters. The third kappa shape index (κ3) is 2.08. The number of nitrogens with two attached hydrogens (primary N) is 1.